The first-order valence-electron chi connectivity index (χ1n) is 5.92. The first kappa shape index (κ1) is 11.4. The number of hydrogen-bond donors (Lipinski definition) is 3. The molecule has 0 radical (unpaired) electrons. The van der Waals surface area contributed by atoms with Gasteiger partial charge in [0.05, 0.1) is 5.52 Å². The maximum absolute atomic E-state index is 11.1. The van der Waals surface area contributed by atoms with E-state index in [1.54, 1.807) is 6.07 Å². The van der Waals surface area contributed by atoms with Crippen LogP contribution in [0.5, 0.6) is 0 Å². The molecule has 0 aliphatic rings. The average molecular weight is 255 g/mol. The fourth-order valence-electron chi connectivity index (χ4n) is 1.90. The standard InChI is InChI=1S/C14H13N3O2/c15-10-3-1-9(2-4-10)8-16-11-5-6-13-12(7-11)17-14(18)19-13/h1-7,16H,8,15H2,(H,17,18). The van der Waals surface area contributed by atoms with Gasteiger partial charge >= 0.3 is 5.76 Å². The van der Waals surface area contributed by atoms with Crippen LogP contribution < -0.4 is 16.8 Å². The van der Waals surface area contributed by atoms with Crippen LogP contribution in [0.4, 0.5) is 11.4 Å². The highest BCUT2D eigenvalue weighted by Crippen LogP contribution is 2.17. The number of rotatable bonds is 3. The molecule has 5 heteroatoms. The number of fused-ring (bicyclic) bond motifs is 1. The number of benzene rings is 2. The number of nitrogens with two attached hydrogens (primary N) is 1. The van der Waals surface area contributed by atoms with Gasteiger partial charge in [-0.15, -0.1) is 0 Å². The van der Waals surface area contributed by atoms with Crippen molar-refractivity contribution in [2.75, 3.05) is 11.1 Å². The fourth-order valence-corrected chi connectivity index (χ4v) is 1.90. The third-order valence-corrected chi connectivity index (χ3v) is 2.90. The summed E-state index contributed by atoms with van der Waals surface area (Å²) < 4.78 is 4.95. The van der Waals surface area contributed by atoms with Crippen molar-refractivity contribution in [2.24, 2.45) is 0 Å². The molecule has 96 valence electrons. The molecule has 0 saturated carbocycles. The molecule has 1 aromatic heterocycles. The summed E-state index contributed by atoms with van der Waals surface area (Å²) in [7, 11) is 0. The second kappa shape index (κ2) is 4.53. The number of nitrogen functional groups attached to an aromatic ring is 1. The summed E-state index contributed by atoms with van der Waals surface area (Å²) in [5.41, 5.74) is 9.68. The molecule has 0 spiro atoms. The van der Waals surface area contributed by atoms with Crippen molar-refractivity contribution in [3.05, 3.63) is 58.6 Å². The Morgan fingerprint density at radius 3 is 2.74 bits per heavy atom. The van der Waals surface area contributed by atoms with Crippen molar-refractivity contribution >= 4 is 22.5 Å². The van der Waals surface area contributed by atoms with E-state index in [1.165, 1.54) is 0 Å². The van der Waals surface area contributed by atoms with Gasteiger partial charge in [-0.25, -0.2) is 4.79 Å². The molecule has 0 aliphatic carbocycles. The maximum Gasteiger partial charge on any atom is 0.417 e. The highest BCUT2D eigenvalue weighted by atomic mass is 16.4. The number of hydrogen-bond acceptors (Lipinski definition) is 4. The van der Waals surface area contributed by atoms with E-state index in [1.807, 2.05) is 36.4 Å². The SMILES string of the molecule is Nc1ccc(CNc2ccc3oc(=O)[nH]c3c2)cc1. The van der Waals surface area contributed by atoms with Crippen LogP contribution in [0, 0.1) is 0 Å². The Morgan fingerprint density at radius 2 is 1.95 bits per heavy atom. The van der Waals surface area contributed by atoms with Gasteiger partial charge in [0.25, 0.3) is 0 Å². The highest BCUT2D eigenvalue weighted by Gasteiger charge is 2.01. The lowest BCUT2D eigenvalue weighted by Gasteiger charge is -2.06. The zero-order valence-corrected chi connectivity index (χ0v) is 10.1. The summed E-state index contributed by atoms with van der Waals surface area (Å²) in [4.78, 5) is 13.7. The normalized spacial score (nSPS) is 10.7. The Morgan fingerprint density at radius 1 is 1.16 bits per heavy atom. The molecule has 2 aromatic carbocycles. The number of aromatic amines is 1. The first-order chi connectivity index (χ1) is 9.20. The van der Waals surface area contributed by atoms with Gasteiger partial charge < -0.3 is 15.5 Å². The molecule has 4 N–H and O–H groups in total. The molecule has 3 rings (SSSR count). The van der Waals surface area contributed by atoms with Crippen molar-refractivity contribution in [2.45, 2.75) is 6.54 Å². The molecule has 0 saturated heterocycles. The molecule has 1 heterocycles. The first-order valence-corrected chi connectivity index (χ1v) is 5.92. The molecule has 0 fully saturated rings. The summed E-state index contributed by atoms with van der Waals surface area (Å²) >= 11 is 0. The fraction of sp³-hybridized carbons (Fsp3) is 0.0714. The van der Waals surface area contributed by atoms with Gasteiger partial charge in [0.2, 0.25) is 0 Å². The quantitative estimate of drug-likeness (QED) is 0.627. The monoisotopic (exact) mass is 255 g/mol. The Balaban J connectivity index is 1.77. The van der Waals surface area contributed by atoms with Crippen LogP contribution >= 0.6 is 0 Å². The van der Waals surface area contributed by atoms with E-state index in [2.05, 4.69) is 10.3 Å². The zero-order valence-electron chi connectivity index (χ0n) is 10.1. The minimum Gasteiger partial charge on any atom is -0.408 e. The van der Waals surface area contributed by atoms with E-state index in [0.717, 1.165) is 16.9 Å². The second-order valence-electron chi connectivity index (χ2n) is 4.32. The van der Waals surface area contributed by atoms with Gasteiger partial charge in [-0.2, -0.15) is 0 Å². The smallest absolute Gasteiger partial charge is 0.408 e. The molecular formula is C14H13N3O2. The van der Waals surface area contributed by atoms with Gasteiger partial charge in [-0.05, 0) is 35.9 Å². The van der Waals surface area contributed by atoms with Crippen LogP contribution in [0.1, 0.15) is 5.56 Å². The van der Waals surface area contributed by atoms with E-state index in [0.29, 0.717) is 17.6 Å². The molecule has 3 aromatic rings. The van der Waals surface area contributed by atoms with Crippen LogP contribution in [-0.2, 0) is 6.54 Å². The van der Waals surface area contributed by atoms with Gasteiger partial charge in [-0.3, -0.25) is 4.98 Å². The summed E-state index contributed by atoms with van der Waals surface area (Å²) in [5, 5.41) is 3.28. The molecule has 5 nitrogen and oxygen atoms in total. The Hall–Kier alpha value is -2.69. The Bertz CT molecular complexity index is 756. The topological polar surface area (TPSA) is 84.0 Å². The molecule has 0 atom stereocenters. The largest absolute Gasteiger partial charge is 0.417 e. The van der Waals surface area contributed by atoms with E-state index < -0.39 is 5.76 Å². The number of aromatic nitrogens is 1. The van der Waals surface area contributed by atoms with Crippen LogP contribution in [0.15, 0.2) is 51.7 Å². The van der Waals surface area contributed by atoms with Gasteiger partial charge in [0.1, 0.15) is 0 Å². The lowest BCUT2D eigenvalue weighted by atomic mass is 10.2. The molecular weight excluding hydrogens is 242 g/mol. The molecule has 0 unspecified atom stereocenters. The van der Waals surface area contributed by atoms with Crippen molar-refractivity contribution in [3.8, 4) is 0 Å². The summed E-state index contributed by atoms with van der Waals surface area (Å²) in [6.45, 7) is 0.688. The molecule has 0 bridgehead atoms. The average Bonchev–Trinajstić information content (AvgIpc) is 2.77. The maximum atomic E-state index is 11.1. The van der Waals surface area contributed by atoms with Crippen molar-refractivity contribution in [1.82, 2.24) is 4.98 Å². The van der Waals surface area contributed by atoms with E-state index >= 15 is 0 Å². The van der Waals surface area contributed by atoms with E-state index in [4.69, 9.17) is 10.2 Å². The van der Waals surface area contributed by atoms with Crippen LogP contribution in [0.3, 0.4) is 0 Å². The molecule has 0 aliphatic heterocycles. The van der Waals surface area contributed by atoms with Crippen LogP contribution in [0.25, 0.3) is 11.1 Å². The van der Waals surface area contributed by atoms with Gasteiger partial charge in [-0.1, -0.05) is 12.1 Å². The van der Waals surface area contributed by atoms with Gasteiger partial charge in [0.15, 0.2) is 5.58 Å². The second-order valence-corrected chi connectivity index (χ2v) is 4.32. The number of oxazole rings is 1. The predicted molar refractivity (Wildman–Crippen MR) is 75.0 cm³/mol. The third kappa shape index (κ3) is 2.44. The molecule has 0 amide bonds. The summed E-state index contributed by atoms with van der Waals surface area (Å²) in [6.07, 6.45) is 0. The van der Waals surface area contributed by atoms with Crippen LogP contribution in [-0.4, -0.2) is 4.98 Å². The summed E-state index contributed by atoms with van der Waals surface area (Å²) in [6, 6.07) is 13.2. The van der Waals surface area contributed by atoms with Crippen molar-refractivity contribution < 1.29 is 4.42 Å². The van der Waals surface area contributed by atoms with Crippen molar-refractivity contribution in [1.29, 1.82) is 0 Å². The zero-order chi connectivity index (χ0) is 13.2. The van der Waals surface area contributed by atoms with E-state index in [-0.39, 0.29) is 0 Å². The highest BCUT2D eigenvalue weighted by molar-refractivity contribution is 5.76. The minimum absolute atomic E-state index is 0.439. The molecule has 19 heavy (non-hydrogen) atoms. The Labute approximate surface area is 109 Å². The van der Waals surface area contributed by atoms with E-state index in [9.17, 15) is 4.79 Å². The Kier molecular flexibility index (Phi) is 2.72. The third-order valence-electron chi connectivity index (χ3n) is 2.90. The number of nitrogens with one attached hydrogen (secondary N) is 2. The van der Waals surface area contributed by atoms with Crippen molar-refractivity contribution in [3.63, 3.8) is 0 Å². The lowest BCUT2D eigenvalue weighted by molar-refractivity contribution is 0.555. The predicted octanol–water partition coefficient (Wildman–Crippen LogP) is 2.32. The van der Waals surface area contributed by atoms with Gasteiger partial charge in [0, 0.05) is 17.9 Å². The number of anilines is 2. The van der Waals surface area contributed by atoms with Crippen LogP contribution in [0.2, 0.25) is 0 Å². The summed E-state index contributed by atoms with van der Waals surface area (Å²) in [5.74, 6) is -0.439. The lowest BCUT2D eigenvalue weighted by Crippen LogP contribution is -1.99. The minimum atomic E-state index is -0.439. The number of H-pyrrole nitrogens is 1.